The smallest absolute Gasteiger partial charge is 0.191 e. The minimum Gasteiger partial charge on any atom is -0.356 e. The van der Waals surface area contributed by atoms with Crippen LogP contribution in [-0.4, -0.2) is 24.5 Å². The van der Waals surface area contributed by atoms with Crippen molar-refractivity contribution < 1.29 is 0 Å². The van der Waals surface area contributed by atoms with E-state index in [4.69, 9.17) is 0 Å². The van der Waals surface area contributed by atoms with Gasteiger partial charge in [0.2, 0.25) is 0 Å². The zero-order chi connectivity index (χ0) is 14.2. The molecule has 0 saturated carbocycles. The lowest BCUT2D eigenvalue weighted by atomic mass is 10.3. The lowest BCUT2D eigenvalue weighted by Gasteiger charge is -2.10. The summed E-state index contributed by atoms with van der Waals surface area (Å²) < 4.78 is 0. The molecule has 0 amide bonds. The Hall–Kier alpha value is -0.670. The van der Waals surface area contributed by atoms with E-state index in [1.165, 1.54) is 9.75 Å². The van der Waals surface area contributed by atoms with Crippen molar-refractivity contribution in [2.45, 2.75) is 26.3 Å². The van der Waals surface area contributed by atoms with E-state index >= 15 is 0 Å². The van der Waals surface area contributed by atoms with Gasteiger partial charge in [-0.3, -0.25) is 4.99 Å². The Morgan fingerprint density at radius 2 is 2.19 bits per heavy atom. The van der Waals surface area contributed by atoms with Gasteiger partial charge in [0.05, 0.1) is 6.54 Å². The number of hydrogen-bond acceptors (Lipinski definition) is 4. The summed E-state index contributed by atoms with van der Waals surface area (Å²) in [4.78, 5) is 11.3. The zero-order valence-electron chi connectivity index (χ0n) is 12.3. The molecule has 2 rings (SSSR count). The van der Waals surface area contributed by atoms with Gasteiger partial charge in [-0.05, 0) is 24.3 Å². The van der Waals surface area contributed by atoms with Crippen LogP contribution in [0.25, 0.3) is 0 Å². The van der Waals surface area contributed by atoms with E-state index in [1.54, 1.807) is 29.7 Å². The average molecular weight is 436 g/mol. The molecule has 2 N–H and O–H groups in total. The molecule has 4 nitrogen and oxygen atoms in total. The maximum atomic E-state index is 4.39. The van der Waals surface area contributed by atoms with Crippen molar-refractivity contribution in [1.82, 2.24) is 15.6 Å². The van der Waals surface area contributed by atoms with Crippen LogP contribution < -0.4 is 10.6 Å². The van der Waals surface area contributed by atoms with Crippen molar-refractivity contribution in [2.24, 2.45) is 4.99 Å². The molecular weight excluding hydrogens is 415 g/mol. The molecule has 0 aliphatic heterocycles. The van der Waals surface area contributed by atoms with Gasteiger partial charge < -0.3 is 10.6 Å². The first-order valence-electron chi connectivity index (χ1n) is 6.72. The molecule has 0 fully saturated rings. The second-order valence-corrected chi connectivity index (χ2v) is 6.49. The van der Waals surface area contributed by atoms with Crippen LogP contribution in [0.4, 0.5) is 0 Å². The molecule has 0 radical (unpaired) electrons. The summed E-state index contributed by atoms with van der Waals surface area (Å²) in [6.07, 6.45) is 4.02. The molecule has 7 heteroatoms. The summed E-state index contributed by atoms with van der Waals surface area (Å²) in [5.41, 5.74) is 0. The number of halogens is 1. The summed E-state index contributed by atoms with van der Waals surface area (Å²) in [5, 5.41) is 9.82. The van der Waals surface area contributed by atoms with Crippen LogP contribution in [0.3, 0.4) is 0 Å². The second kappa shape index (κ2) is 10.1. The average Bonchev–Trinajstić information content (AvgIpc) is 3.13. The molecule has 0 unspecified atom stereocenters. The van der Waals surface area contributed by atoms with E-state index in [9.17, 15) is 0 Å². The molecule has 0 aromatic carbocycles. The fraction of sp³-hybridized carbons (Fsp3) is 0.429. The predicted molar refractivity (Wildman–Crippen MR) is 103 cm³/mol. The fourth-order valence-electron chi connectivity index (χ4n) is 1.73. The van der Waals surface area contributed by atoms with Crippen LogP contribution in [0.1, 0.15) is 21.7 Å². The predicted octanol–water partition coefficient (Wildman–Crippen LogP) is 3.29. The Morgan fingerprint density at radius 1 is 1.33 bits per heavy atom. The highest BCUT2D eigenvalue weighted by molar-refractivity contribution is 14.0. The summed E-state index contributed by atoms with van der Waals surface area (Å²) in [5.74, 6) is 0.829. The number of rotatable bonds is 6. The Balaban J connectivity index is 0.00000220. The van der Waals surface area contributed by atoms with Gasteiger partial charge in [-0.25, -0.2) is 4.98 Å². The maximum Gasteiger partial charge on any atom is 0.191 e. The quantitative estimate of drug-likeness (QED) is 0.415. The van der Waals surface area contributed by atoms with Crippen LogP contribution in [0, 0.1) is 0 Å². The van der Waals surface area contributed by atoms with Crippen molar-refractivity contribution >= 4 is 52.6 Å². The molecule has 116 valence electrons. The number of aryl methyl sites for hydroxylation is 1. The van der Waals surface area contributed by atoms with E-state index in [1.807, 2.05) is 6.20 Å². The minimum absolute atomic E-state index is 0. The van der Waals surface area contributed by atoms with Gasteiger partial charge in [-0.15, -0.1) is 46.7 Å². The highest BCUT2D eigenvalue weighted by Crippen LogP contribution is 2.12. The van der Waals surface area contributed by atoms with Crippen molar-refractivity contribution in [3.8, 4) is 0 Å². The van der Waals surface area contributed by atoms with Crippen molar-refractivity contribution in [1.29, 1.82) is 0 Å². The summed E-state index contributed by atoms with van der Waals surface area (Å²) >= 11 is 3.54. The number of hydrogen-bond donors (Lipinski definition) is 2. The highest BCUT2D eigenvalue weighted by Gasteiger charge is 2.02. The summed E-state index contributed by atoms with van der Waals surface area (Å²) in [6, 6.07) is 4.24. The molecule has 2 aromatic heterocycles. The second-order valence-electron chi connectivity index (χ2n) is 4.26. The molecule has 2 heterocycles. The largest absolute Gasteiger partial charge is 0.356 e. The van der Waals surface area contributed by atoms with Gasteiger partial charge in [0, 0.05) is 29.5 Å². The number of thiophene rings is 1. The molecule has 0 spiro atoms. The van der Waals surface area contributed by atoms with E-state index in [0.717, 1.165) is 36.9 Å². The monoisotopic (exact) mass is 436 g/mol. The third-order valence-corrected chi connectivity index (χ3v) is 4.90. The lowest BCUT2D eigenvalue weighted by Crippen LogP contribution is -2.37. The first-order chi connectivity index (χ1) is 9.81. The molecule has 0 aliphatic rings. The number of thiazole rings is 1. The third-order valence-electron chi connectivity index (χ3n) is 2.82. The van der Waals surface area contributed by atoms with Gasteiger partial charge in [0.15, 0.2) is 5.96 Å². The molecule has 0 saturated heterocycles. The maximum absolute atomic E-state index is 4.39. The lowest BCUT2D eigenvalue weighted by molar-refractivity contribution is 0.796. The van der Waals surface area contributed by atoms with Crippen LogP contribution in [0.2, 0.25) is 0 Å². The molecule has 0 aliphatic carbocycles. The summed E-state index contributed by atoms with van der Waals surface area (Å²) in [6.45, 7) is 3.76. The fourth-order valence-corrected chi connectivity index (χ4v) is 3.24. The van der Waals surface area contributed by atoms with Crippen LogP contribution in [0.15, 0.2) is 28.7 Å². The van der Waals surface area contributed by atoms with Crippen molar-refractivity contribution in [2.75, 3.05) is 13.6 Å². The molecule has 0 bridgehead atoms. The number of guanidine groups is 1. The van der Waals surface area contributed by atoms with Gasteiger partial charge in [0.25, 0.3) is 0 Å². The van der Waals surface area contributed by atoms with E-state index in [0.29, 0.717) is 0 Å². The number of aromatic nitrogens is 1. The number of nitrogens with zero attached hydrogens (tertiary/aromatic N) is 2. The molecule has 0 atom stereocenters. The molecule has 2 aromatic rings. The highest BCUT2D eigenvalue weighted by atomic mass is 127. The molecular formula is C14H21IN4S2. The minimum atomic E-state index is 0. The van der Waals surface area contributed by atoms with E-state index in [2.05, 4.69) is 45.0 Å². The zero-order valence-corrected chi connectivity index (χ0v) is 16.2. The topological polar surface area (TPSA) is 49.3 Å². The van der Waals surface area contributed by atoms with Crippen LogP contribution >= 0.6 is 46.7 Å². The van der Waals surface area contributed by atoms with Gasteiger partial charge in [0.1, 0.15) is 5.01 Å². The van der Waals surface area contributed by atoms with E-state index in [-0.39, 0.29) is 24.0 Å². The standard InChI is InChI=1S/C14H20N4S2.HI/c1-3-11-9-17-13(20-11)10-18-14(15-2)16-7-6-12-5-4-8-19-12;/h4-5,8-9H,3,6-7,10H2,1-2H3,(H2,15,16,18);1H. The van der Waals surface area contributed by atoms with Gasteiger partial charge >= 0.3 is 0 Å². The number of nitrogens with one attached hydrogen (secondary N) is 2. The Kier molecular flexibility index (Phi) is 8.86. The Bertz CT molecular complexity index is 537. The SMILES string of the molecule is CCc1cnc(CNC(=NC)NCCc2cccs2)s1.I. The Labute approximate surface area is 151 Å². The number of aliphatic imine (C=N–C) groups is 1. The van der Waals surface area contributed by atoms with Crippen molar-refractivity contribution in [3.63, 3.8) is 0 Å². The van der Waals surface area contributed by atoms with Gasteiger partial charge in [-0.2, -0.15) is 0 Å². The van der Waals surface area contributed by atoms with Crippen LogP contribution in [0.5, 0.6) is 0 Å². The third kappa shape index (κ3) is 6.31. The Morgan fingerprint density at radius 3 is 2.81 bits per heavy atom. The normalized spacial score (nSPS) is 11.0. The first-order valence-corrected chi connectivity index (χ1v) is 8.42. The molecule has 21 heavy (non-hydrogen) atoms. The van der Waals surface area contributed by atoms with Crippen LogP contribution in [-0.2, 0) is 19.4 Å². The van der Waals surface area contributed by atoms with Crippen molar-refractivity contribution in [3.05, 3.63) is 38.5 Å². The first kappa shape index (κ1) is 18.4. The van der Waals surface area contributed by atoms with Gasteiger partial charge in [-0.1, -0.05) is 13.0 Å². The summed E-state index contributed by atoms with van der Waals surface area (Å²) in [7, 11) is 1.79. The van der Waals surface area contributed by atoms with E-state index < -0.39 is 0 Å².